The molecular weight excluding hydrogens is 302 g/mol. The molecule has 17 heavy (non-hydrogen) atoms. The quantitative estimate of drug-likeness (QED) is 0.780. The van der Waals surface area contributed by atoms with Gasteiger partial charge in [-0.05, 0) is 43.0 Å². The van der Waals surface area contributed by atoms with Crippen molar-refractivity contribution in [3.05, 3.63) is 34.9 Å². The SMILES string of the molecule is O=C(c1ccc(Cl)cc1)N1CCC(CCBr)C1. The van der Waals surface area contributed by atoms with Crippen LogP contribution in [-0.4, -0.2) is 29.2 Å². The molecule has 1 heterocycles. The molecule has 0 N–H and O–H groups in total. The van der Waals surface area contributed by atoms with Crippen molar-refractivity contribution in [2.45, 2.75) is 12.8 Å². The molecule has 0 radical (unpaired) electrons. The summed E-state index contributed by atoms with van der Waals surface area (Å²) in [7, 11) is 0. The number of halogens is 2. The molecule has 92 valence electrons. The Morgan fingerprint density at radius 1 is 1.41 bits per heavy atom. The Labute approximate surface area is 115 Å². The maximum absolute atomic E-state index is 12.2. The number of rotatable bonds is 3. The van der Waals surface area contributed by atoms with Gasteiger partial charge in [0.05, 0.1) is 0 Å². The summed E-state index contributed by atoms with van der Waals surface area (Å²) >= 11 is 9.26. The first-order valence-corrected chi connectivity index (χ1v) is 7.31. The van der Waals surface area contributed by atoms with Gasteiger partial charge in [-0.15, -0.1) is 0 Å². The fraction of sp³-hybridized carbons (Fsp3) is 0.462. The summed E-state index contributed by atoms with van der Waals surface area (Å²) in [5.41, 5.74) is 0.730. The highest BCUT2D eigenvalue weighted by atomic mass is 79.9. The third-order valence-electron chi connectivity index (χ3n) is 3.18. The third-order valence-corrected chi connectivity index (χ3v) is 3.89. The van der Waals surface area contributed by atoms with E-state index in [1.165, 1.54) is 0 Å². The lowest BCUT2D eigenvalue weighted by Gasteiger charge is -2.16. The van der Waals surface area contributed by atoms with Crippen LogP contribution in [0.1, 0.15) is 23.2 Å². The van der Waals surface area contributed by atoms with E-state index in [9.17, 15) is 4.79 Å². The molecule has 1 aromatic carbocycles. The smallest absolute Gasteiger partial charge is 0.253 e. The minimum Gasteiger partial charge on any atom is -0.338 e. The predicted octanol–water partition coefficient (Wildman–Crippen LogP) is 3.59. The number of benzene rings is 1. The molecule has 0 saturated carbocycles. The van der Waals surface area contributed by atoms with Crippen molar-refractivity contribution in [3.8, 4) is 0 Å². The number of likely N-dealkylation sites (tertiary alicyclic amines) is 1. The van der Waals surface area contributed by atoms with Crippen molar-refractivity contribution in [2.24, 2.45) is 5.92 Å². The number of hydrogen-bond donors (Lipinski definition) is 0. The van der Waals surface area contributed by atoms with Gasteiger partial charge < -0.3 is 4.90 Å². The highest BCUT2D eigenvalue weighted by molar-refractivity contribution is 9.09. The van der Waals surface area contributed by atoms with Crippen molar-refractivity contribution in [2.75, 3.05) is 18.4 Å². The second-order valence-electron chi connectivity index (χ2n) is 4.39. The Kier molecular flexibility index (Phi) is 4.46. The van der Waals surface area contributed by atoms with Gasteiger partial charge in [-0.3, -0.25) is 4.79 Å². The minimum absolute atomic E-state index is 0.124. The largest absolute Gasteiger partial charge is 0.338 e. The van der Waals surface area contributed by atoms with Gasteiger partial charge in [0, 0.05) is 29.0 Å². The molecule has 0 spiro atoms. The topological polar surface area (TPSA) is 20.3 Å². The van der Waals surface area contributed by atoms with Crippen LogP contribution in [0.15, 0.2) is 24.3 Å². The second kappa shape index (κ2) is 5.87. The molecule has 1 unspecified atom stereocenters. The average molecular weight is 317 g/mol. The van der Waals surface area contributed by atoms with Crippen LogP contribution in [0.25, 0.3) is 0 Å². The van der Waals surface area contributed by atoms with Crippen LogP contribution in [0.4, 0.5) is 0 Å². The van der Waals surface area contributed by atoms with E-state index in [-0.39, 0.29) is 5.91 Å². The first kappa shape index (κ1) is 12.9. The molecule has 1 amide bonds. The fourth-order valence-corrected chi connectivity index (χ4v) is 2.96. The van der Waals surface area contributed by atoms with Gasteiger partial charge in [-0.2, -0.15) is 0 Å². The predicted molar refractivity (Wildman–Crippen MR) is 73.9 cm³/mol. The number of nitrogens with zero attached hydrogens (tertiary/aromatic N) is 1. The van der Waals surface area contributed by atoms with Gasteiger partial charge in [0.15, 0.2) is 0 Å². The van der Waals surface area contributed by atoms with Crippen LogP contribution in [0.2, 0.25) is 5.02 Å². The summed E-state index contributed by atoms with van der Waals surface area (Å²) in [5.74, 6) is 0.768. The van der Waals surface area contributed by atoms with E-state index >= 15 is 0 Å². The molecule has 0 aromatic heterocycles. The molecule has 2 rings (SSSR count). The van der Waals surface area contributed by atoms with E-state index < -0.39 is 0 Å². The molecule has 1 fully saturated rings. The lowest BCUT2D eigenvalue weighted by molar-refractivity contribution is 0.0787. The molecule has 1 aromatic rings. The molecule has 1 aliphatic heterocycles. The van der Waals surface area contributed by atoms with Crippen molar-refractivity contribution >= 4 is 33.4 Å². The van der Waals surface area contributed by atoms with E-state index in [1.54, 1.807) is 24.3 Å². The maximum Gasteiger partial charge on any atom is 0.253 e. The van der Waals surface area contributed by atoms with E-state index in [4.69, 9.17) is 11.6 Å². The molecule has 0 aliphatic carbocycles. The van der Waals surface area contributed by atoms with Crippen LogP contribution in [-0.2, 0) is 0 Å². The number of amides is 1. The fourth-order valence-electron chi connectivity index (χ4n) is 2.18. The molecule has 1 aliphatic rings. The van der Waals surface area contributed by atoms with Gasteiger partial charge in [0.1, 0.15) is 0 Å². The van der Waals surface area contributed by atoms with Crippen molar-refractivity contribution in [1.82, 2.24) is 4.90 Å². The van der Waals surface area contributed by atoms with Crippen LogP contribution in [0.3, 0.4) is 0 Å². The van der Waals surface area contributed by atoms with E-state index in [0.717, 1.165) is 36.8 Å². The van der Waals surface area contributed by atoms with Crippen molar-refractivity contribution in [1.29, 1.82) is 0 Å². The summed E-state index contributed by atoms with van der Waals surface area (Å²) in [4.78, 5) is 14.1. The lowest BCUT2D eigenvalue weighted by Crippen LogP contribution is -2.28. The van der Waals surface area contributed by atoms with Gasteiger partial charge in [-0.1, -0.05) is 27.5 Å². The Hall–Kier alpha value is -0.540. The first-order valence-electron chi connectivity index (χ1n) is 5.81. The number of hydrogen-bond acceptors (Lipinski definition) is 1. The molecule has 2 nitrogen and oxygen atoms in total. The standard InChI is InChI=1S/C13H15BrClNO/c14-7-5-10-6-8-16(9-10)13(17)11-1-3-12(15)4-2-11/h1-4,10H,5-9H2. The van der Waals surface area contributed by atoms with Crippen LogP contribution < -0.4 is 0 Å². The number of alkyl halides is 1. The summed E-state index contributed by atoms with van der Waals surface area (Å²) in [6, 6.07) is 7.12. The summed E-state index contributed by atoms with van der Waals surface area (Å²) in [6.07, 6.45) is 2.26. The zero-order valence-electron chi connectivity index (χ0n) is 9.53. The number of carbonyl (C=O) groups is 1. The Balaban J connectivity index is 1.99. The van der Waals surface area contributed by atoms with Crippen LogP contribution in [0, 0.1) is 5.92 Å². The first-order chi connectivity index (χ1) is 8.20. The number of carbonyl (C=O) groups excluding carboxylic acids is 1. The minimum atomic E-state index is 0.124. The van der Waals surface area contributed by atoms with Gasteiger partial charge in [0.2, 0.25) is 0 Å². The summed E-state index contributed by atoms with van der Waals surface area (Å²) < 4.78 is 0. The zero-order chi connectivity index (χ0) is 12.3. The highest BCUT2D eigenvalue weighted by Crippen LogP contribution is 2.22. The second-order valence-corrected chi connectivity index (χ2v) is 5.62. The van der Waals surface area contributed by atoms with Crippen LogP contribution in [0.5, 0.6) is 0 Å². The highest BCUT2D eigenvalue weighted by Gasteiger charge is 2.26. The van der Waals surface area contributed by atoms with Gasteiger partial charge in [0.25, 0.3) is 5.91 Å². The van der Waals surface area contributed by atoms with E-state index in [1.807, 2.05) is 4.90 Å². The molecular formula is C13H15BrClNO. The maximum atomic E-state index is 12.2. The average Bonchev–Trinajstić information content (AvgIpc) is 2.78. The Bertz CT molecular complexity index is 393. The van der Waals surface area contributed by atoms with Gasteiger partial charge >= 0.3 is 0 Å². The summed E-state index contributed by atoms with van der Waals surface area (Å²) in [5, 5.41) is 1.68. The molecule has 0 bridgehead atoms. The Morgan fingerprint density at radius 3 is 2.76 bits per heavy atom. The van der Waals surface area contributed by atoms with Crippen molar-refractivity contribution < 1.29 is 4.79 Å². The monoisotopic (exact) mass is 315 g/mol. The van der Waals surface area contributed by atoms with E-state index in [2.05, 4.69) is 15.9 Å². The zero-order valence-corrected chi connectivity index (χ0v) is 11.9. The normalized spacial score (nSPS) is 19.6. The Morgan fingerprint density at radius 2 is 2.12 bits per heavy atom. The van der Waals surface area contributed by atoms with Crippen LogP contribution >= 0.6 is 27.5 Å². The van der Waals surface area contributed by atoms with E-state index in [0.29, 0.717) is 10.9 Å². The summed E-state index contributed by atoms with van der Waals surface area (Å²) in [6.45, 7) is 1.76. The molecule has 4 heteroatoms. The molecule has 1 atom stereocenters. The third kappa shape index (κ3) is 3.23. The van der Waals surface area contributed by atoms with Crippen molar-refractivity contribution in [3.63, 3.8) is 0 Å². The lowest BCUT2D eigenvalue weighted by atomic mass is 10.1. The van der Waals surface area contributed by atoms with Gasteiger partial charge in [-0.25, -0.2) is 0 Å². The molecule has 1 saturated heterocycles.